The molecule has 1 atom stereocenters. The fourth-order valence-electron chi connectivity index (χ4n) is 2.95. The van der Waals surface area contributed by atoms with Crippen LogP contribution in [0.3, 0.4) is 0 Å². The molecule has 1 aliphatic heterocycles. The van der Waals surface area contributed by atoms with Crippen molar-refractivity contribution in [3.63, 3.8) is 0 Å². The Bertz CT molecular complexity index is 391. The summed E-state index contributed by atoms with van der Waals surface area (Å²) in [5.74, 6) is 0. The van der Waals surface area contributed by atoms with Gasteiger partial charge in [-0.05, 0) is 33.3 Å². The number of aromatic amines is 1. The normalized spacial score (nSPS) is 22.3. The van der Waals surface area contributed by atoms with Crippen LogP contribution in [0.1, 0.15) is 31.7 Å². The molecule has 19 heavy (non-hydrogen) atoms. The fourth-order valence-corrected chi connectivity index (χ4v) is 2.95. The zero-order valence-electron chi connectivity index (χ0n) is 12.3. The van der Waals surface area contributed by atoms with E-state index in [1.807, 2.05) is 6.92 Å². The molecule has 5 nitrogen and oxygen atoms in total. The van der Waals surface area contributed by atoms with Gasteiger partial charge in [-0.1, -0.05) is 0 Å². The van der Waals surface area contributed by atoms with E-state index in [-0.39, 0.29) is 6.61 Å². The lowest BCUT2D eigenvalue weighted by Crippen LogP contribution is -2.55. The van der Waals surface area contributed by atoms with E-state index in [9.17, 15) is 5.11 Å². The molecular formula is C14H26N4O. The van der Waals surface area contributed by atoms with Gasteiger partial charge in [-0.15, -0.1) is 0 Å². The molecule has 2 heterocycles. The van der Waals surface area contributed by atoms with Crippen molar-refractivity contribution in [1.29, 1.82) is 0 Å². The molecule has 0 spiro atoms. The van der Waals surface area contributed by atoms with E-state index in [1.165, 1.54) is 0 Å². The third kappa shape index (κ3) is 3.78. The lowest BCUT2D eigenvalue weighted by Gasteiger charge is -2.43. The summed E-state index contributed by atoms with van der Waals surface area (Å²) in [6.07, 6.45) is 0.855. The predicted molar refractivity (Wildman–Crippen MR) is 75.9 cm³/mol. The molecule has 1 aromatic rings. The second-order valence-corrected chi connectivity index (χ2v) is 5.78. The molecule has 1 saturated heterocycles. The molecule has 0 aliphatic carbocycles. The van der Waals surface area contributed by atoms with E-state index in [2.05, 4.69) is 39.9 Å². The number of aliphatic hydroxyl groups is 1. The molecule has 0 amide bonds. The van der Waals surface area contributed by atoms with Crippen LogP contribution in [0.15, 0.2) is 6.07 Å². The molecular weight excluding hydrogens is 240 g/mol. The molecule has 0 radical (unpaired) electrons. The summed E-state index contributed by atoms with van der Waals surface area (Å²) in [5, 5.41) is 16.5. The molecule has 0 aromatic carbocycles. The second-order valence-electron chi connectivity index (χ2n) is 5.78. The van der Waals surface area contributed by atoms with Crippen molar-refractivity contribution in [3.8, 4) is 0 Å². The zero-order valence-corrected chi connectivity index (χ0v) is 12.3. The number of piperazine rings is 1. The highest BCUT2D eigenvalue weighted by Crippen LogP contribution is 2.17. The summed E-state index contributed by atoms with van der Waals surface area (Å²) in [6.45, 7) is 10.8. The maximum atomic E-state index is 9.23. The molecule has 5 heteroatoms. The molecule has 2 rings (SSSR count). The Morgan fingerprint density at radius 2 is 2.26 bits per heavy atom. The van der Waals surface area contributed by atoms with Crippen LogP contribution in [0.5, 0.6) is 0 Å². The van der Waals surface area contributed by atoms with Crippen molar-refractivity contribution in [3.05, 3.63) is 17.5 Å². The summed E-state index contributed by atoms with van der Waals surface area (Å²) < 4.78 is 0. The third-order valence-corrected chi connectivity index (χ3v) is 3.88. The minimum Gasteiger partial charge on any atom is -0.396 e. The Balaban J connectivity index is 1.94. The van der Waals surface area contributed by atoms with Crippen molar-refractivity contribution in [2.75, 3.05) is 26.2 Å². The van der Waals surface area contributed by atoms with Crippen LogP contribution in [-0.4, -0.2) is 63.4 Å². The molecule has 0 bridgehead atoms. The summed E-state index contributed by atoms with van der Waals surface area (Å²) in [6, 6.07) is 3.11. The molecule has 1 aliphatic rings. The number of nitrogens with zero attached hydrogens (tertiary/aromatic N) is 3. The van der Waals surface area contributed by atoms with E-state index < -0.39 is 0 Å². The van der Waals surface area contributed by atoms with Crippen molar-refractivity contribution in [2.45, 2.75) is 45.8 Å². The topological polar surface area (TPSA) is 55.4 Å². The third-order valence-electron chi connectivity index (χ3n) is 3.88. The average Bonchev–Trinajstić information content (AvgIpc) is 2.75. The molecule has 0 unspecified atom stereocenters. The van der Waals surface area contributed by atoms with E-state index in [0.717, 1.165) is 44.0 Å². The number of aromatic nitrogens is 2. The van der Waals surface area contributed by atoms with Crippen molar-refractivity contribution >= 4 is 0 Å². The lowest BCUT2D eigenvalue weighted by atomic mass is 10.1. The van der Waals surface area contributed by atoms with Crippen LogP contribution in [0.25, 0.3) is 0 Å². The van der Waals surface area contributed by atoms with E-state index in [0.29, 0.717) is 12.1 Å². The number of hydrogen-bond donors (Lipinski definition) is 2. The minimum absolute atomic E-state index is 0.267. The smallest absolute Gasteiger partial charge is 0.0765 e. The van der Waals surface area contributed by atoms with Gasteiger partial charge in [0.05, 0.1) is 5.69 Å². The van der Waals surface area contributed by atoms with Gasteiger partial charge >= 0.3 is 0 Å². The predicted octanol–water partition coefficient (Wildman–Crippen LogP) is 0.995. The molecule has 0 saturated carbocycles. The van der Waals surface area contributed by atoms with Gasteiger partial charge in [0.2, 0.25) is 0 Å². The maximum absolute atomic E-state index is 9.23. The van der Waals surface area contributed by atoms with Gasteiger partial charge in [0, 0.05) is 50.6 Å². The van der Waals surface area contributed by atoms with Crippen molar-refractivity contribution < 1.29 is 5.11 Å². The van der Waals surface area contributed by atoms with Crippen LogP contribution < -0.4 is 0 Å². The van der Waals surface area contributed by atoms with Gasteiger partial charge in [0.1, 0.15) is 0 Å². The first kappa shape index (κ1) is 14.5. The van der Waals surface area contributed by atoms with Crippen molar-refractivity contribution in [1.82, 2.24) is 20.0 Å². The molecule has 108 valence electrons. The van der Waals surface area contributed by atoms with Crippen LogP contribution in [0.4, 0.5) is 0 Å². The second kappa shape index (κ2) is 6.50. The maximum Gasteiger partial charge on any atom is 0.0765 e. The van der Waals surface area contributed by atoms with Gasteiger partial charge in [0.25, 0.3) is 0 Å². The fraction of sp³-hybridized carbons (Fsp3) is 0.786. The number of rotatable bonds is 5. The van der Waals surface area contributed by atoms with Crippen LogP contribution >= 0.6 is 0 Å². The highest BCUT2D eigenvalue weighted by atomic mass is 16.3. The standard InChI is InChI=1S/C14H26N4O/c1-11(2)18-6-5-17(10-14(18)4-7-19)9-13-8-12(3)15-16-13/h8,11,14,19H,4-7,9-10H2,1-3H3,(H,15,16)/t14-/m0/s1. The summed E-state index contributed by atoms with van der Waals surface area (Å²) >= 11 is 0. The Morgan fingerprint density at radius 3 is 2.84 bits per heavy atom. The van der Waals surface area contributed by atoms with E-state index in [1.54, 1.807) is 0 Å². The monoisotopic (exact) mass is 266 g/mol. The van der Waals surface area contributed by atoms with E-state index >= 15 is 0 Å². The van der Waals surface area contributed by atoms with Crippen molar-refractivity contribution in [2.24, 2.45) is 0 Å². The van der Waals surface area contributed by atoms with Crippen LogP contribution in [-0.2, 0) is 6.54 Å². The highest BCUT2D eigenvalue weighted by molar-refractivity contribution is 5.06. The van der Waals surface area contributed by atoms with Crippen LogP contribution in [0, 0.1) is 6.92 Å². The molecule has 1 fully saturated rings. The summed E-state index contributed by atoms with van der Waals surface area (Å²) in [7, 11) is 0. The summed E-state index contributed by atoms with van der Waals surface area (Å²) in [4.78, 5) is 4.94. The number of aryl methyl sites for hydroxylation is 1. The Morgan fingerprint density at radius 1 is 1.47 bits per heavy atom. The Labute approximate surface area is 115 Å². The van der Waals surface area contributed by atoms with Gasteiger partial charge in [-0.25, -0.2) is 0 Å². The Kier molecular flexibility index (Phi) is 4.96. The number of aliphatic hydroxyl groups excluding tert-OH is 1. The van der Waals surface area contributed by atoms with Gasteiger partial charge in [-0.3, -0.25) is 14.9 Å². The minimum atomic E-state index is 0.267. The quantitative estimate of drug-likeness (QED) is 0.834. The van der Waals surface area contributed by atoms with Crippen LogP contribution in [0.2, 0.25) is 0 Å². The zero-order chi connectivity index (χ0) is 13.8. The van der Waals surface area contributed by atoms with Gasteiger partial charge in [0.15, 0.2) is 0 Å². The number of hydrogen-bond acceptors (Lipinski definition) is 4. The SMILES string of the molecule is Cc1cc(CN2CCN(C(C)C)[C@@H](CCO)C2)n[nH]1. The largest absolute Gasteiger partial charge is 0.396 e. The molecule has 2 N–H and O–H groups in total. The van der Waals surface area contributed by atoms with Gasteiger partial charge < -0.3 is 5.11 Å². The average molecular weight is 266 g/mol. The first-order valence-corrected chi connectivity index (χ1v) is 7.20. The first-order chi connectivity index (χ1) is 9.10. The number of nitrogens with one attached hydrogen (secondary N) is 1. The number of H-pyrrole nitrogens is 1. The van der Waals surface area contributed by atoms with E-state index in [4.69, 9.17) is 0 Å². The first-order valence-electron chi connectivity index (χ1n) is 7.20. The highest BCUT2D eigenvalue weighted by Gasteiger charge is 2.28. The summed E-state index contributed by atoms with van der Waals surface area (Å²) in [5.41, 5.74) is 2.22. The Hall–Kier alpha value is -0.910. The molecule has 1 aromatic heterocycles. The lowest BCUT2D eigenvalue weighted by molar-refractivity contribution is 0.0344. The van der Waals surface area contributed by atoms with Gasteiger partial charge in [-0.2, -0.15) is 5.10 Å².